The van der Waals surface area contributed by atoms with Gasteiger partial charge in [-0.1, -0.05) is 0 Å². The van der Waals surface area contributed by atoms with Crippen LogP contribution in [0.5, 0.6) is 0 Å². The van der Waals surface area contributed by atoms with Crippen LogP contribution in [0.4, 0.5) is 0 Å². The van der Waals surface area contributed by atoms with Crippen molar-refractivity contribution < 1.29 is 0 Å². The third-order valence-electron chi connectivity index (χ3n) is 0.860. The molecule has 0 aromatic heterocycles. The van der Waals surface area contributed by atoms with E-state index in [4.69, 9.17) is 0 Å². The first-order valence-electron chi connectivity index (χ1n) is 2.35. The number of allylic oxidation sites excluding steroid dienone is 6. The minimum absolute atomic E-state index is 0.975. The molecule has 0 aromatic rings. The molecule has 1 heteroatoms. The minimum atomic E-state index is 0.975. The van der Waals surface area contributed by atoms with Gasteiger partial charge in [0.25, 0.3) is 0 Å². The van der Waals surface area contributed by atoms with Gasteiger partial charge in [0.1, 0.15) is 0 Å². The topological polar surface area (TPSA) is 0 Å². The average molecular weight is 121 g/mol. The summed E-state index contributed by atoms with van der Waals surface area (Å²) in [7, 11) is 0. The van der Waals surface area contributed by atoms with Crippen LogP contribution in [-0.4, -0.2) is 5.37 Å². The highest BCUT2D eigenvalue weighted by molar-refractivity contribution is 7.79. The van der Waals surface area contributed by atoms with Gasteiger partial charge >= 0.3 is 0 Å². The maximum Gasteiger partial charge on any atom is 0.158 e. The van der Waals surface area contributed by atoms with Crippen molar-refractivity contribution >= 4 is 17.6 Å². The Hall–Kier alpha value is -0.780. The molecule has 1 rings (SSSR count). The monoisotopic (exact) mass is 121 g/mol. The van der Waals surface area contributed by atoms with Gasteiger partial charge in [0, 0.05) is 24.3 Å². The molecular formula is C7H5S+. The van der Waals surface area contributed by atoms with Gasteiger partial charge in [0.2, 0.25) is 0 Å². The number of rotatable bonds is 1. The van der Waals surface area contributed by atoms with Crippen molar-refractivity contribution in [1.82, 2.24) is 0 Å². The standard InChI is InChI=1S/C7H5S/c8-6-7-4-2-1-3-5-7/h1-4,6H/q+1. The fourth-order valence-corrected chi connectivity index (χ4v) is 0.627. The Labute approximate surface area is 54.2 Å². The van der Waals surface area contributed by atoms with Crippen LogP contribution in [0.1, 0.15) is 0 Å². The third-order valence-corrected chi connectivity index (χ3v) is 1.11. The Balaban J connectivity index is 2.82. The molecule has 0 atom stereocenters. The molecule has 0 bridgehead atoms. The summed E-state index contributed by atoms with van der Waals surface area (Å²) >= 11 is 4.66. The zero-order chi connectivity index (χ0) is 5.82. The number of thiocarbonyl (C=S) groups is 1. The van der Waals surface area contributed by atoms with Crippen molar-refractivity contribution in [3.05, 3.63) is 36.0 Å². The maximum absolute atomic E-state index is 4.66. The summed E-state index contributed by atoms with van der Waals surface area (Å²) in [6.07, 6.45) is 10.6. The average Bonchev–Trinajstić information content (AvgIpc) is 1.90. The molecule has 0 N–H and O–H groups in total. The van der Waals surface area contributed by atoms with Crippen molar-refractivity contribution in [2.45, 2.75) is 0 Å². The summed E-state index contributed by atoms with van der Waals surface area (Å²) in [6.45, 7) is 0. The highest BCUT2D eigenvalue weighted by Gasteiger charge is 1.94. The molecule has 1 aliphatic carbocycles. The van der Waals surface area contributed by atoms with Crippen LogP contribution in [0.2, 0.25) is 0 Å². The molecule has 0 spiro atoms. The SMILES string of the molecule is S=CC1=CC=CC=[C+]1. The predicted octanol–water partition coefficient (Wildman–Crippen LogP) is 1.84. The van der Waals surface area contributed by atoms with E-state index in [0.717, 1.165) is 5.57 Å². The maximum atomic E-state index is 4.66. The summed E-state index contributed by atoms with van der Waals surface area (Å²) in [5, 5.41) is 1.61. The normalized spacial score (nSPS) is 14.8. The minimum Gasteiger partial charge on any atom is -0.0237 e. The molecular weight excluding hydrogens is 116 g/mol. The van der Waals surface area contributed by atoms with Crippen LogP contribution in [0.15, 0.2) is 29.9 Å². The van der Waals surface area contributed by atoms with Crippen molar-refractivity contribution in [2.75, 3.05) is 0 Å². The Kier molecular flexibility index (Phi) is 1.68. The van der Waals surface area contributed by atoms with E-state index in [9.17, 15) is 0 Å². The number of hydrogen-bond donors (Lipinski definition) is 0. The van der Waals surface area contributed by atoms with Crippen LogP contribution in [-0.2, 0) is 0 Å². The van der Waals surface area contributed by atoms with E-state index >= 15 is 0 Å². The Bertz CT molecular complexity index is 173. The molecule has 0 nitrogen and oxygen atoms in total. The highest BCUT2D eigenvalue weighted by Crippen LogP contribution is 1.98. The zero-order valence-electron chi connectivity index (χ0n) is 4.29. The fraction of sp³-hybridized carbons (Fsp3) is 0. The first-order valence-corrected chi connectivity index (χ1v) is 2.82. The van der Waals surface area contributed by atoms with E-state index in [0.29, 0.717) is 0 Å². The second-order valence-corrected chi connectivity index (χ2v) is 1.67. The van der Waals surface area contributed by atoms with Gasteiger partial charge in [-0.25, -0.2) is 0 Å². The molecule has 0 fully saturated rings. The quantitative estimate of drug-likeness (QED) is 0.377. The molecule has 1 aliphatic rings. The summed E-state index contributed by atoms with van der Waals surface area (Å²) in [4.78, 5) is 0. The zero-order valence-corrected chi connectivity index (χ0v) is 5.11. The third kappa shape index (κ3) is 1.09. The Morgan fingerprint density at radius 3 is 2.75 bits per heavy atom. The molecule has 0 saturated heterocycles. The highest BCUT2D eigenvalue weighted by atomic mass is 32.1. The van der Waals surface area contributed by atoms with Crippen LogP contribution in [0.3, 0.4) is 0 Å². The van der Waals surface area contributed by atoms with Crippen LogP contribution in [0, 0.1) is 6.08 Å². The van der Waals surface area contributed by atoms with Crippen LogP contribution < -0.4 is 0 Å². The predicted molar refractivity (Wildman–Crippen MR) is 38.7 cm³/mol. The van der Waals surface area contributed by atoms with Crippen LogP contribution >= 0.6 is 12.2 Å². The van der Waals surface area contributed by atoms with Crippen molar-refractivity contribution in [3.63, 3.8) is 0 Å². The van der Waals surface area contributed by atoms with Crippen LogP contribution in [0.25, 0.3) is 0 Å². The van der Waals surface area contributed by atoms with E-state index in [2.05, 4.69) is 18.3 Å². The lowest BCUT2D eigenvalue weighted by Crippen LogP contribution is -1.77. The van der Waals surface area contributed by atoms with Gasteiger partial charge in [-0.2, -0.15) is 0 Å². The fourth-order valence-electron chi connectivity index (χ4n) is 0.481. The number of hydrogen-bond acceptors (Lipinski definition) is 1. The van der Waals surface area contributed by atoms with Gasteiger partial charge in [-0.15, -0.1) is 0 Å². The lowest BCUT2D eigenvalue weighted by Gasteiger charge is -1.79. The molecule has 0 aromatic carbocycles. The summed E-state index contributed by atoms with van der Waals surface area (Å²) in [6, 6.07) is 0. The van der Waals surface area contributed by atoms with E-state index in [1.54, 1.807) is 5.37 Å². The summed E-state index contributed by atoms with van der Waals surface area (Å²) in [5.74, 6) is 0. The molecule has 0 amide bonds. The van der Waals surface area contributed by atoms with Gasteiger partial charge in [0.15, 0.2) is 5.57 Å². The molecule has 0 heterocycles. The molecule has 0 saturated carbocycles. The summed E-state index contributed by atoms with van der Waals surface area (Å²) in [5.41, 5.74) is 0.975. The smallest absolute Gasteiger partial charge is 0.0237 e. The van der Waals surface area contributed by atoms with Crippen molar-refractivity contribution in [2.24, 2.45) is 0 Å². The van der Waals surface area contributed by atoms with Gasteiger partial charge in [-0.3, -0.25) is 0 Å². The molecule has 8 heavy (non-hydrogen) atoms. The van der Waals surface area contributed by atoms with Gasteiger partial charge in [-0.05, 0) is 12.2 Å². The Morgan fingerprint density at radius 2 is 2.38 bits per heavy atom. The summed E-state index contributed by atoms with van der Waals surface area (Å²) < 4.78 is 0. The molecule has 0 aliphatic heterocycles. The Morgan fingerprint density at radius 1 is 1.50 bits per heavy atom. The van der Waals surface area contributed by atoms with Gasteiger partial charge in [0.05, 0.1) is 11.4 Å². The lowest BCUT2D eigenvalue weighted by atomic mass is 10.2. The van der Waals surface area contributed by atoms with E-state index in [1.165, 1.54) is 0 Å². The van der Waals surface area contributed by atoms with Gasteiger partial charge < -0.3 is 0 Å². The van der Waals surface area contributed by atoms with E-state index in [1.807, 2.05) is 24.3 Å². The van der Waals surface area contributed by atoms with Crippen molar-refractivity contribution in [1.29, 1.82) is 0 Å². The van der Waals surface area contributed by atoms with Crippen molar-refractivity contribution in [3.8, 4) is 0 Å². The largest absolute Gasteiger partial charge is 0.158 e. The van der Waals surface area contributed by atoms with E-state index in [-0.39, 0.29) is 0 Å². The molecule has 0 unspecified atom stereocenters. The van der Waals surface area contributed by atoms with E-state index < -0.39 is 0 Å². The molecule has 38 valence electrons. The second-order valence-electron chi connectivity index (χ2n) is 1.44. The first-order chi connectivity index (χ1) is 3.93. The lowest BCUT2D eigenvalue weighted by molar-refractivity contribution is 1.69. The molecule has 0 radical (unpaired) electrons. The second kappa shape index (κ2) is 2.51. The first kappa shape index (κ1) is 5.36.